The number of rotatable bonds is 6. The largest absolute Gasteiger partial charge is 0.444 e. The average molecular weight is 342 g/mol. The van der Waals surface area contributed by atoms with Gasteiger partial charge in [-0.15, -0.1) is 0 Å². The monoisotopic (exact) mass is 342 g/mol. The fraction of sp³-hybridized carbons (Fsp3) is 0.529. The number of hydrogen-bond donors (Lipinski definition) is 2. The second-order valence-electron chi connectivity index (χ2n) is 6.60. The molecule has 1 unspecified atom stereocenters. The van der Waals surface area contributed by atoms with E-state index in [1.54, 1.807) is 32.9 Å². The van der Waals surface area contributed by atoms with Gasteiger partial charge in [0.05, 0.1) is 0 Å². The van der Waals surface area contributed by atoms with Crippen molar-refractivity contribution < 1.29 is 23.1 Å². The summed E-state index contributed by atoms with van der Waals surface area (Å²) in [6.07, 6.45) is -3.92. The van der Waals surface area contributed by atoms with Crippen molar-refractivity contribution in [3.63, 3.8) is 0 Å². The molecular weight excluding hydrogens is 318 g/mol. The van der Waals surface area contributed by atoms with E-state index in [1.807, 2.05) is 19.1 Å². The summed E-state index contributed by atoms with van der Waals surface area (Å²) in [6.45, 7) is 6.58. The molecule has 134 valence electrons. The molecule has 0 fully saturated rings. The van der Waals surface area contributed by atoms with E-state index in [9.17, 15) is 18.4 Å². The zero-order valence-electron chi connectivity index (χ0n) is 14.4. The molecule has 0 aromatic heterocycles. The van der Waals surface area contributed by atoms with Crippen molar-refractivity contribution in [2.24, 2.45) is 5.92 Å². The highest BCUT2D eigenvalue weighted by Crippen LogP contribution is 2.16. The normalized spacial score (nSPS) is 12.6. The maximum atomic E-state index is 13.1. The van der Waals surface area contributed by atoms with Crippen LogP contribution in [0.15, 0.2) is 24.3 Å². The lowest BCUT2D eigenvalue weighted by atomic mass is 10.1. The third-order valence-corrected chi connectivity index (χ3v) is 3.05. The van der Waals surface area contributed by atoms with Crippen molar-refractivity contribution in [3.8, 4) is 0 Å². The van der Waals surface area contributed by atoms with Crippen LogP contribution < -0.4 is 10.6 Å². The number of amides is 2. The van der Waals surface area contributed by atoms with Gasteiger partial charge in [-0.2, -0.15) is 0 Å². The van der Waals surface area contributed by atoms with Crippen molar-refractivity contribution in [2.45, 2.75) is 46.1 Å². The molecule has 1 aromatic rings. The molecule has 2 amide bonds. The molecule has 2 N–H and O–H groups in total. The number of ether oxygens (including phenoxy) is 1. The second kappa shape index (κ2) is 8.61. The van der Waals surface area contributed by atoms with Gasteiger partial charge in [-0.25, -0.2) is 13.6 Å². The van der Waals surface area contributed by atoms with Crippen LogP contribution in [0.3, 0.4) is 0 Å². The maximum absolute atomic E-state index is 13.1. The SMILES string of the molecule is Cc1ccc(NC(=O)CC(CNC(=O)OC(C)(C)C)C(F)F)cc1. The number of carbonyl (C=O) groups excluding carboxylic acids is 2. The number of anilines is 1. The Bertz CT molecular complexity index is 554. The Kier molecular flexibility index (Phi) is 7.13. The van der Waals surface area contributed by atoms with Crippen molar-refractivity contribution in [1.82, 2.24) is 5.32 Å². The third-order valence-electron chi connectivity index (χ3n) is 3.05. The number of halogens is 2. The summed E-state index contributed by atoms with van der Waals surface area (Å²) in [5, 5.41) is 4.84. The number of aryl methyl sites for hydroxylation is 1. The summed E-state index contributed by atoms with van der Waals surface area (Å²) < 4.78 is 31.1. The summed E-state index contributed by atoms with van der Waals surface area (Å²) in [5.41, 5.74) is 0.853. The lowest BCUT2D eigenvalue weighted by molar-refractivity contribution is -0.118. The molecule has 0 saturated heterocycles. The highest BCUT2D eigenvalue weighted by atomic mass is 19.3. The van der Waals surface area contributed by atoms with Crippen molar-refractivity contribution in [3.05, 3.63) is 29.8 Å². The van der Waals surface area contributed by atoms with Crippen molar-refractivity contribution >= 4 is 17.7 Å². The summed E-state index contributed by atoms with van der Waals surface area (Å²) in [5.74, 6) is -1.82. The Labute approximate surface area is 140 Å². The Morgan fingerprint density at radius 3 is 2.25 bits per heavy atom. The number of alkyl halides is 2. The summed E-state index contributed by atoms with van der Waals surface area (Å²) in [7, 11) is 0. The van der Waals surface area contributed by atoms with Crippen LogP contribution >= 0.6 is 0 Å². The first-order chi connectivity index (χ1) is 11.1. The Morgan fingerprint density at radius 2 is 1.75 bits per heavy atom. The number of alkyl carbamates (subject to hydrolysis) is 1. The standard InChI is InChI=1S/C17H24F2N2O3/c1-11-5-7-13(8-6-11)21-14(22)9-12(15(18)19)10-20-16(23)24-17(2,3)4/h5-8,12,15H,9-10H2,1-4H3,(H,20,23)(H,21,22). The lowest BCUT2D eigenvalue weighted by Crippen LogP contribution is -2.38. The smallest absolute Gasteiger partial charge is 0.407 e. The minimum absolute atomic E-state index is 0.339. The average Bonchev–Trinajstić information content (AvgIpc) is 2.43. The third kappa shape index (κ3) is 7.89. The summed E-state index contributed by atoms with van der Waals surface area (Å²) in [6, 6.07) is 7.02. The van der Waals surface area contributed by atoms with Gasteiger partial charge in [-0.1, -0.05) is 17.7 Å². The van der Waals surface area contributed by atoms with Crippen LogP contribution in [-0.2, 0) is 9.53 Å². The predicted molar refractivity (Wildman–Crippen MR) is 88.2 cm³/mol. The minimum Gasteiger partial charge on any atom is -0.444 e. The molecule has 0 aliphatic carbocycles. The van der Waals surface area contributed by atoms with Crippen LogP contribution in [0.2, 0.25) is 0 Å². The van der Waals surface area contributed by atoms with Gasteiger partial charge in [0.25, 0.3) is 0 Å². The van der Waals surface area contributed by atoms with Gasteiger partial charge in [0.1, 0.15) is 5.60 Å². The number of benzene rings is 1. The molecule has 0 radical (unpaired) electrons. The van der Waals surface area contributed by atoms with Gasteiger partial charge in [-0.3, -0.25) is 4.79 Å². The van der Waals surface area contributed by atoms with E-state index in [2.05, 4.69) is 10.6 Å². The molecule has 24 heavy (non-hydrogen) atoms. The van der Waals surface area contributed by atoms with E-state index in [1.165, 1.54) is 0 Å². The van der Waals surface area contributed by atoms with E-state index in [-0.39, 0.29) is 6.54 Å². The molecule has 0 aliphatic heterocycles. The fourth-order valence-electron chi connectivity index (χ4n) is 1.87. The molecule has 0 aliphatic rings. The van der Waals surface area contributed by atoms with E-state index in [0.29, 0.717) is 5.69 Å². The van der Waals surface area contributed by atoms with Gasteiger partial charge in [0.15, 0.2) is 0 Å². The molecule has 1 atom stereocenters. The van der Waals surface area contributed by atoms with Crippen LogP contribution in [0.5, 0.6) is 0 Å². The highest BCUT2D eigenvalue weighted by molar-refractivity contribution is 5.90. The van der Waals surface area contributed by atoms with E-state index < -0.39 is 36.4 Å². The topological polar surface area (TPSA) is 67.4 Å². The Balaban J connectivity index is 2.51. The van der Waals surface area contributed by atoms with Gasteiger partial charge in [0.2, 0.25) is 12.3 Å². The van der Waals surface area contributed by atoms with Crippen LogP contribution in [-0.4, -0.2) is 30.6 Å². The van der Waals surface area contributed by atoms with Crippen molar-refractivity contribution in [2.75, 3.05) is 11.9 Å². The van der Waals surface area contributed by atoms with Crippen LogP contribution in [0.1, 0.15) is 32.8 Å². The fourth-order valence-corrected chi connectivity index (χ4v) is 1.87. The van der Waals surface area contributed by atoms with E-state index in [0.717, 1.165) is 5.56 Å². The van der Waals surface area contributed by atoms with E-state index in [4.69, 9.17) is 4.74 Å². The van der Waals surface area contributed by atoms with Gasteiger partial charge >= 0.3 is 6.09 Å². The number of carbonyl (C=O) groups is 2. The Morgan fingerprint density at radius 1 is 1.17 bits per heavy atom. The number of hydrogen-bond acceptors (Lipinski definition) is 3. The molecule has 0 saturated carbocycles. The van der Waals surface area contributed by atoms with Crippen LogP contribution in [0.25, 0.3) is 0 Å². The second-order valence-corrected chi connectivity index (χ2v) is 6.60. The predicted octanol–water partition coefficient (Wildman–Crippen LogP) is 3.73. The molecule has 0 spiro atoms. The van der Waals surface area contributed by atoms with Gasteiger partial charge < -0.3 is 15.4 Å². The molecule has 0 heterocycles. The Hall–Kier alpha value is -2.18. The summed E-state index contributed by atoms with van der Waals surface area (Å²) in [4.78, 5) is 23.4. The maximum Gasteiger partial charge on any atom is 0.407 e. The zero-order valence-corrected chi connectivity index (χ0v) is 14.4. The molecule has 1 aromatic carbocycles. The molecule has 5 nitrogen and oxygen atoms in total. The lowest BCUT2D eigenvalue weighted by Gasteiger charge is -2.21. The summed E-state index contributed by atoms with van der Waals surface area (Å²) >= 11 is 0. The van der Waals surface area contributed by atoms with Crippen LogP contribution in [0.4, 0.5) is 19.3 Å². The highest BCUT2D eigenvalue weighted by Gasteiger charge is 2.25. The first kappa shape index (κ1) is 19.9. The minimum atomic E-state index is -2.73. The number of nitrogens with one attached hydrogen (secondary N) is 2. The van der Waals surface area contributed by atoms with Crippen LogP contribution in [0, 0.1) is 12.8 Å². The zero-order chi connectivity index (χ0) is 18.3. The molecular formula is C17H24F2N2O3. The van der Waals surface area contributed by atoms with Gasteiger partial charge in [-0.05, 0) is 39.8 Å². The molecule has 0 bridgehead atoms. The molecule has 1 rings (SSSR count). The first-order valence-electron chi connectivity index (χ1n) is 7.68. The quantitative estimate of drug-likeness (QED) is 0.828. The molecule has 7 heteroatoms. The van der Waals surface area contributed by atoms with Gasteiger partial charge in [0, 0.05) is 24.6 Å². The van der Waals surface area contributed by atoms with Crippen molar-refractivity contribution in [1.29, 1.82) is 0 Å². The van der Waals surface area contributed by atoms with E-state index >= 15 is 0 Å². The first-order valence-corrected chi connectivity index (χ1v) is 7.68.